The van der Waals surface area contributed by atoms with Gasteiger partial charge in [-0.3, -0.25) is 4.79 Å². The van der Waals surface area contributed by atoms with Crippen LogP contribution in [0.4, 0.5) is 5.82 Å². The lowest BCUT2D eigenvalue weighted by molar-refractivity contribution is -0.116. The number of anilines is 1. The summed E-state index contributed by atoms with van der Waals surface area (Å²) < 4.78 is 12.7. The van der Waals surface area contributed by atoms with Crippen molar-refractivity contribution in [2.75, 3.05) is 12.1 Å². The van der Waals surface area contributed by atoms with Crippen molar-refractivity contribution >= 4 is 11.7 Å². The molecule has 0 saturated heterocycles. The Morgan fingerprint density at radius 1 is 1.15 bits per heavy atom. The quantitative estimate of drug-likeness (QED) is 0.774. The summed E-state index contributed by atoms with van der Waals surface area (Å²) in [5.74, 6) is 2.12. The van der Waals surface area contributed by atoms with Gasteiger partial charge < -0.3 is 14.8 Å². The van der Waals surface area contributed by atoms with E-state index in [4.69, 9.17) is 9.47 Å². The van der Waals surface area contributed by atoms with Gasteiger partial charge in [-0.1, -0.05) is 25.1 Å². The number of nitrogens with zero attached hydrogens (tertiary/aromatic N) is 2. The summed E-state index contributed by atoms with van der Waals surface area (Å²) in [4.78, 5) is 12.4. The molecule has 3 aromatic rings. The lowest BCUT2D eigenvalue weighted by Gasteiger charge is -2.24. The van der Waals surface area contributed by atoms with E-state index in [1.54, 1.807) is 4.68 Å². The standard InChI is InChI=1S/C21H19N3O3/c1-2-13-3-6-15(7-4-13)24-21-17(11-22-24)16(10-20(25)23-21)14-5-8-18-19(9-14)27-12-26-18/h3-9,11,16H,2,10,12H2,1H3,(H,23,25). The Labute approximate surface area is 156 Å². The maximum Gasteiger partial charge on any atom is 0.231 e. The van der Waals surface area contributed by atoms with E-state index in [0.29, 0.717) is 6.42 Å². The molecule has 1 aromatic heterocycles. The molecule has 0 radical (unpaired) electrons. The molecular formula is C21H19N3O3. The number of aromatic nitrogens is 2. The Balaban J connectivity index is 1.56. The second-order valence-electron chi connectivity index (χ2n) is 6.80. The van der Waals surface area contributed by atoms with Crippen molar-refractivity contribution in [3.8, 4) is 17.2 Å². The van der Waals surface area contributed by atoms with Crippen LogP contribution >= 0.6 is 0 Å². The van der Waals surface area contributed by atoms with E-state index in [-0.39, 0.29) is 18.6 Å². The molecule has 2 aliphatic rings. The number of hydrogen-bond donors (Lipinski definition) is 1. The number of amides is 1. The fourth-order valence-electron chi connectivity index (χ4n) is 3.72. The second kappa shape index (κ2) is 6.16. The number of aryl methyl sites for hydroxylation is 1. The summed E-state index contributed by atoms with van der Waals surface area (Å²) >= 11 is 0. The highest BCUT2D eigenvalue weighted by Gasteiger charge is 2.31. The number of carbonyl (C=O) groups is 1. The number of hydrogen-bond acceptors (Lipinski definition) is 4. The summed E-state index contributed by atoms with van der Waals surface area (Å²) in [5, 5.41) is 7.55. The molecule has 1 N–H and O–H groups in total. The molecule has 6 heteroatoms. The Hall–Kier alpha value is -3.28. The Kier molecular flexibility index (Phi) is 3.63. The number of fused-ring (bicyclic) bond motifs is 2. The zero-order chi connectivity index (χ0) is 18.4. The van der Waals surface area contributed by atoms with E-state index in [1.165, 1.54) is 5.56 Å². The Bertz CT molecular complexity index is 1020. The molecule has 0 spiro atoms. The molecule has 6 nitrogen and oxygen atoms in total. The molecule has 0 aliphatic carbocycles. The average Bonchev–Trinajstić information content (AvgIpc) is 3.33. The van der Waals surface area contributed by atoms with Crippen LogP contribution in [0.15, 0.2) is 48.7 Å². The number of ether oxygens (including phenoxy) is 2. The van der Waals surface area contributed by atoms with Crippen molar-refractivity contribution in [1.82, 2.24) is 9.78 Å². The first-order chi connectivity index (χ1) is 13.2. The zero-order valence-electron chi connectivity index (χ0n) is 14.9. The van der Waals surface area contributed by atoms with Gasteiger partial charge in [0.1, 0.15) is 5.82 Å². The first-order valence-corrected chi connectivity index (χ1v) is 9.09. The van der Waals surface area contributed by atoms with E-state index in [1.807, 2.05) is 36.5 Å². The molecule has 5 rings (SSSR count). The predicted octanol–water partition coefficient (Wildman–Crippen LogP) is 3.64. The highest BCUT2D eigenvalue weighted by molar-refractivity contribution is 5.94. The molecule has 1 atom stereocenters. The minimum absolute atomic E-state index is 0.0166. The molecule has 2 aliphatic heterocycles. The van der Waals surface area contributed by atoms with Gasteiger partial charge in [0.25, 0.3) is 0 Å². The lowest BCUT2D eigenvalue weighted by atomic mass is 9.87. The van der Waals surface area contributed by atoms with Gasteiger partial charge in [-0.05, 0) is 41.8 Å². The van der Waals surface area contributed by atoms with E-state index < -0.39 is 0 Å². The largest absolute Gasteiger partial charge is 0.454 e. The summed E-state index contributed by atoms with van der Waals surface area (Å²) in [6.07, 6.45) is 3.21. The minimum Gasteiger partial charge on any atom is -0.454 e. The number of benzene rings is 2. The fourth-order valence-corrected chi connectivity index (χ4v) is 3.72. The smallest absolute Gasteiger partial charge is 0.231 e. The van der Waals surface area contributed by atoms with Gasteiger partial charge in [0.15, 0.2) is 11.5 Å². The molecule has 0 bridgehead atoms. The summed E-state index contributed by atoms with van der Waals surface area (Å²) in [6, 6.07) is 14.1. The van der Waals surface area contributed by atoms with Gasteiger partial charge in [-0.15, -0.1) is 0 Å². The van der Waals surface area contributed by atoms with Crippen LogP contribution in [-0.4, -0.2) is 22.5 Å². The van der Waals surface area contributed by atoms with Crippen molar-refractivity contribution in [1.29, 1.82) is 0 Å². The third-order valence-corrected chi connectivity index (χ3v) is 5.21. The third-order valence-electron chi connectivity index (χ3n) is 5.21. The predicted molar refractivity (Wildman–Crippen MR) is 101 cm³/mol. The molecule has 136 valence electrons. The summed E-state index contributed by atoms with van der Waals surface area (Å²) in [6.45, 7) is 2.36. The van der Waals surface area contributed by atoms with Gasteiger partial charge in [0.2, 0.25) is 12.7 Å². The molecule has 2 aromatic carbocycles. The van der Waals surface area contributed by atoms with Crippen molar-refractivity contribution in [2.45, 2.75) is 25.7 Å². The van der Waals surface area contributed by atoms with Crippen LogP contribution in [0, 0.1) is 0 Å². The molecule has 1 amide bonds. The van der Waals surface area contributed by atoms with Gasteiger partial charge in [0.05, 0.1) is 11.9 Å². The van der Waals surface area contributed by atoms with Gasteiger partial charge in [0, 0.05) is 17.9 Å². The summed E-state index contributed by atoms with van der Waals surface area (Å²) in [5.41, 5.74) is 4.23. The van der Waals surface area contributed by atoms with Crippen LogP contribution in [0.1, 0.15) is 36.0 Å². The van der Waals surface area contributed by atoms with Crippen molar-refractivity contribution in [3.63, 3.8) is 0 Å². The Morgan fingerprint density at radius 2 is 1.96 bits per heavy atom. The molecule has 0 saturated carbocycles. The number of nitrogens with one attached hydrogen (secondary N) is 1. The number of rotatable bonds is 3. The second-order valence-corrected chi connectivity index (χ2v) is 6.80. The van der Waals surface area contributed by atoms with Crippen molar-refractivity contribution < 1.29 is 14.3 Å². The molecular weight excluding hydrogens is 342 g/mol. The van der Waals surface area contributed by atoms with Crippen LogP contribution in [0.3, 0.4) is 0 Å². The first kappa shape index (κ1) is 15.9. The highest BCUT2D eigenvalue weighted by Crippen LogP contribution is 2.41. The maximum atomic E-state index is 12.4. The fraction of sp³-hybridized carbons (Fsp3) is 0.238. The minimum atomic E-state index is -0.0630. The van der Waals surface area contributed by atoms with E-state index in [2.05, 4.69) is 29.5 Å². The van der Waals surface area contributed by atoms with Gasteiger partial charge in [-0.2, -0.15) is 5.10 Å². The van der Waals surface area contributed by atoms with Crippen LogP contribution in [-0.2, 0) is 11.2 Å². The van der Waals surface area contributed by atoms with Gasteiger partial charge in [-0.25, -0.2) is 4.68 Å². The molecule has 27 heavy (non-hydrogen) atoms. The summed E-state index contributed by atoms with van der Waals surface area (Å²) in [7, 11) is 0. The van der Waals surface area contributed by atoms with Crippen LogP contribution in [0.2, 0.25) is 0 Å². The van der Waals surface area contributed by atoms with Gasteiger partial charge >= 0.3 is 0 Å². The average molecular weight is 361 g/mol. The zero-order valence-corrected chi connectivity index (χ0v) is 14.9. The van der Waals surface area contributed by atoms with E-state index >= 15 is 0 Å². The molecule has 3 heterocycles. The first-order valence-electron chi connectivity index (χ1n) is 9.09. The molecule has 1 unspecified atom stereocenters. The SMILES string of the molecule is CCc1ccc(-n2ncc3c2NC(=O)CC3c2ccc3c(c2)OCO3)cc1. The lowest BCUT2D eigenvalue weighted by Crippen LogP contribution is -2.24. The van der Waals surface area contributed by atoms with Crippen LogP contribution in [0.25, 0.3) is 5.69 Å². The van der Waals surface area contributed by atoms with E-state index in [9.17, 15) is 4.79 Å². The maximum absolute atomic E-state index is 12.4. The highest BCUT2D eigenvalue weighted by atomic mass is 16.7. The normalized spacial score (nSPS) is 17.5. The van der Waals surface area contributed by atoms with Crippen LogP contribution in [0.5, 0.6) is 11.5 Å². The molecule has 0 fully saturated rings. The monoisotopic (exact) mass is 361 g/mol. The van der Waals surface area contributed by atoms with E-state index in [0.717, 1.165) is 40.6 Å². The number of carbonyl (C=O) groups excluding carboxylic acids is 1. The van der Waals surface area contributed by atoms with Crippen molar-refractivity contribution in [2.24, 2.45) is 0 Å². The third kappa shape index (κ3) is 2.65. The van der Waals surface area contributed by atoms with Crippen LogP contribution < -0.4 is 14.8 Å². The Morgan fingerprint density at radius 3 is 2.78 bits per heavy atom. The van der Waals surface area contributed by atoms with Crippen molar-refractivity contribution in [3.05, 3.63) is 65.4 Å². The topological polar surface area (TPSA) is 65.4 Å².